The molecule has 0 atom stereocenters. The predicted molar refractivity (Wildman–Crippen MR) is 43.6 cm³/mol. The zero-order chi connectivity index (χ0) is 8.04. The standard InChI is InChI=1S/C8H20NO/c1-4-5-6-7-9(2,3)8-10/h10H,4-8H2,1-3H3/q+1. The zero-order valence-corrected chi connectivity index (χ0v) is 7.43. The summed E-state index contributed by atoms with van der Waals surface area (Å²) >= 11 is 0. The average molecular weight is 146 g/mol. The minimum Gasteiger partial charge on any atom is -0.347 e. The van der Waals surface area contributed by atoms with Crippen LogP contribution < -0.4 is 0 Å². The molecule has 0 aliphatic rings. The topological polar surface area (TPSA) is 20.2 Å². The van der Waals surface area contributed by atoms with Gasteiger partial charge in [0.25, 0.3) is 0 Å². The third-order valence-electron chi connectivity index (χ3n) is 1.75. The van der Waals surface area contributed by atoms with Gasteiger partial charge >= 0.3 is 0 Å². The highest BCUT2D eigenvalue weighted by molar-refractivity contribution is 4.35. The Morgan fingerprint density at radius 3 is 2.20 bits per heavy atom. The second kappa shape index (κ2) is 4.69. The molecule has 0 unspecified atom stereocenters. The summed E-state index contributed by atoms with van der Waals surface area (Å²) < 4.78 is 0.736. The smallest absolute Gasteiger partial charge is 0.179 e. The van der Waals surface area contributed by atoms with E-state index in [1.807, 2.05) is 0 Å². The van der Waals surface area contributed by atoms with Crippen molar-refractivity contribution in [3.05, 3.63) is 0 Å². The number of nitrogens with zero attached hydrogens (tertiary/aromatic N) is 1. The monoisotopic (exact) mass is 146 g/mol. The van der Waals surface area contributed by atoms with Gasteiger partial charge < -0.3 is 9.59 Å². The van der Waals surface area contributed by atoms with Crippen LogP contribution in [0.3, 0.4) is 0 Å². The molecule has 62 valence electrons. The first-order valence-corrected chi connectivity index (χ1v) is 4.05. The number of aliphatic hydroxyl groups excluding tert-OH is 1. The van der Waals surface area contributed by atoms with Gasteiger partial charge in [0.15, 0.2) is 6.73 Å². The number of hydrogen-bond acceptors (Lipinski definition) is 1. The van der Waals surface area contributed by atoms with Gasteiger partial charge in [0.2, 0.25) is 0 Å². The molecule has 0 heterocycles. The molecule has 10 heavy (non-hydrogen) atoms. The number of rotatable bonds is 5. The molecule has 0 saturated carbocycles. The van der Waals surface area contributed by atoms with Crippen LogP contribution in [-0.4, -0.2) is 37.0 Å². The summed E-state index contributed by atoms with van der Waals surface area (Å²) in [4.78, 5) is 0. The van der Waals surface area contributed by atoms with Crippen molar-refractivity contribution < 1.29 is 9.59 Å². The molecule has 0 bridgehead atoms. The molecule has 0 aromatic carbocycles. The van der Waals surface area contributed by atoms with E-state index in [4.69, 9.17) is 5.11 Å². The third-order valence-corrected chi connectivity index (χ3v) is 1.75. The summed E-state index contributed by atoms with van der Waals surface area (Å²) in [6, 6.07) is 0. The molecule has 0 saturated heterocycles. The Bertz CT molecular complexity index is 81.3. The van der Waals surface area contributed by atoms with Gasteiger partial charge in [-0.15, -0.1) is 0 Å². The first-order chi connectivity index (χ1) is 4.62. The van der Waals surface area contributed by atoms with Crippen molar-refractivity contribution in [1.29, 1.82) is 0 Å². The maximum atomic E-state index is 8.87. The number of quaternary nitrogens is 1. The van der Waals surface area contributed by atoms with Crippen LogP contribution in [0.1, 0.15) is 26.2 Å². The highest BCUT2D eigenvalue weighted by Crippen LogP contribution is 2.01. The van der Waals surface area contributed by atoms with E-state index in [2.05, 4.69) is 21.0 Å². The second-order valence-electron chi connectivity index (χ2n) is 3.51. The second-order valence-corrected chi connectivity index (χ2v) is 3.51. The lowest BCUT2D eigenvalue weighted by atomic mass is 10.2. The lowest BCUT2D eigenvalue weighted by Gasteiger charge is -2.26. The molecule has 0 aliphatic carbocycles. The van der Waals surface area contributed by atoms with Crippen LogP contribution >= 0.6 is 0 Å². The van der Waals surface area contributed by atoms with Gasteiger partial charge in [0.1, 0.15) is 0 Å². The van der Waals surface area contributed by atoms with Gasteiger partial charge in [-0.25, -0.2) is 0 Å². The fraction of sp³-hybridized carbons (Fsp3) is 1.00. The summed E-state index contributed by atoms with van der Waals surface area (Å²) in [6.45, 7) is 3.53. The molecule has 0 amide bonds. The Hall–Kier alpha value is -0.0800. The zero-order valence-electron chi connectivity index (χ0n) is 7.43. The van der Waals surface area contributed by atoms with Gasteiger partial charge in [0, 0.05) is 0 Å². The molecule has 0 aromatic rings. The Morgan fingerprint density at radius 1 is 1.20 bits per heavy atom. The summed E-state index contributed by atoms with van der Waals surface area (Å²) in [5.74, 6) is 0. The molecule has 0 aliphatic heterocycles. The van der Waals surface area contributed by atoms with Crippen LogP contribution in [0.15, 0.2) is 0 Å². The Labute approximate surface area is 64.1 Å². The lowest BCUT2D eigenvalue weighted by molar-refractivity contribution is -0.909. The summed E-state index contributed by atoms with van der Waals surface area (Å²) in [5, 5.41) is 8.87. The van der Waals surface area contributed by atoms with Crippen LogP contribution in [0, 0.1) is 0 Å². The fourth-order valence-corrected chi connectivity index (χ4v) is 0.861. The van der Waals surface area contributed by atoms with E-state index in [-0.39, 0.29) is 6.73 Å². The van der Waals surface area contributed by atoms with E-state index in [1.165, 1.54) is 19.3 Å². The molecule has 0 aromatic heterocycles. The maximum Gasteiger partial charge on any atom is 0.179 e. The van der Waals surface area contributed by atoms with E-state index in [1.54, 1.807) is 0 Å². The van der Waals surface area contributed by atoms with Crippen molar-refractivity contribution in [3.8, 4) is 0 Å². The highest BCUT2D eigenvalue weighted by atomic mass is 16.3. The fourth-order valence-electron chi connectivity index (χ4n) is 0.861. The predicted octanol–water partition coefficient (Wildman–Crippen LogP) is 1.20. The van der Waals surface area contributed by atoms with Crippen molar-refractivity contribution in [2.75, 3.05) is 27.4 Å². The minimum atomic E-state index is 0.254. The SMILES string of the molecule is CCCCC[N+](C)(C)CO. The lowest BCUT2D eigenvalue weighted by Crippen LogP contribution is -2.41. The first-order valence-electron chi connectivity index (χ1n) is 4.05. The normalized spacial score (nSPS) is 12.0. The molecule has 0 radical (unpaired) electrons. The summed E-state index contributed by atoms with van der Waals surface area (Å²) in [7, 11) is 4.10. The Balaban J connectivity index is 3.28. The average Bonchev–Trinajstić information content (AvgIpc) is 1.89. The van der Waals surface area contributed by atoms with Crippen molar-refractivity contribution in [2.24, 2.45) is 0 Å². The summed E-state index contributed by atoms with van der Waals surface area (Å²) in [6.07, 6.45) is 3.76. The molecule has 0 rings (SSSR count). The molecular formula is C8H20NO+. The van der Waals surface area contributed by atoms with Crippen molar-refractivity contribution >= 4 is 0 Å². The first kappa shape index (κ1) is 9.92. The summed E-state index contributed by atoms with van der Waals surface area (Å²) in [5.41, 5.74) is 0. The molecule has 2 heteroatoms. The van der Waals surface area contributed by atoms with E-state index in [0.29, 0.717) is 0 Å². The van der Waals surface area contributed by atoms with Crippen LogP contribution in [0.2, 0.25) is 0 Å². The van der Waals surface area contributed by atoms with E-state index < -0.39 is 0 Å². The van der Waals surface area contributed by atoms with Crippen molar-refractivity contribution in [3.63, 3.8) is 0 Å². The van der Waals surface area contributed by atoms with Crippen LogP contribution in [-0.2, 0) is 0 Å². The van der Waals surface area contributed by atoms with Crippen molar-refractivity contribution in [1.82, 2.24) is 0 Å². The van der Waals surface area contributed by atoms with Crippen LogP contribution in [0.25, 0.3) is 0 Å². The minimum absolute atomic E-state index is 0.254. The Morgan fingerprint density at radius 2 is 1.80 bits per heavy atom. The van der Waals surface area contributed by atoms with Crippen LogP contribution in [0.5, 0.6) is 0 Å². The van der Waals surface area contributed by atoms with Gasteiger partial charge in [-0.2, -0.15) is 0 Å². The number of aliphatic hydroxyl groups is 1. The molecular weight excluding hydrogens is 126 g/mol. The van der Waals surface area contributed by atoms with Crippen LogP contribution in [0.4, 0.5) is 0 Å². The van der Waals surface area contributed by atoms with E-state index >= 15 is 0 Å². The largest absolute Gasteiger partial charge is 0.347 e. The maximum absolute atomic E-state index is 8.87. The van der Waals surface area contributed by atoms with Gasteiger partial charge in [-0.05, 0) is 12.8 Å². The molecule has 1 N–H and O–H groups in total. The van der Waals surface area contributed by atoms with E-state index in [0.717, 1.165) is 11.0 Å². The van der Waals surface area contributed by atoms with E-state index in [9.17, 15) is 0 Å². The quantitative estimate of drug-likeness (QED) is 0.351. The van der Waals surface area contributed by atoms with Gasteiger partial charge in [0.05, 0.1) is 20.6 Å². The number of unbranched alkanes of at least 4 members (excludes halogenated alkanes) is 2. The third kappa shape index (κ3) is 4.77. The van der Waals surface area contributed by atoms with Gasteiger partial charge in [-0.3, -0.25) is 0 Å². The molecule has 0 fully saturated rings. The Kier molecular flexibility index (Phi) is 4.65. The van der Waals surface area contributed by atoms with Crippen molar-refractivity contribution in [2.45, 2.75) is 26.2 Å². The highest BCUT2D eigenvalue weighted by Gasteiger charge is 2.10. The number of hydrogen-bond donors (Lipinski definition) is 1. The van der Waals surface area contributed by atoms with Gasteiger partial charge in [-0.1, -0.05) is 13.3 Å². The molecule has 2 nitrogen and oxygen atoms in total. The molecule has 0 spiro atoms.